The SMILES string of the molecule is COc1ccc(N2CC(F)=CN=C2n2c(C)nc3ccc(N)cc32)cc1. The Kier molecular flexibility index (Phi) is 3.84. The van der Waals surface area contributed by atoms with Gasteiger partial charge in [-0.1, -0.05) is 0 Å². The molecule has 0 bridgehead atoms. The Hall–Kier alpha value is -3.35. The number of fused-ring (bicyclic) bond motifs is 1. The summed E-state index contributed by atoms with van der Waals surface area (Å²) in [5, 5.41) is 0. The number of hydrogen-bond acceptors (Lipinski definition) is 5. The first-order valence-corrected chi connectivity index (χ1v) is 8.15. The summed E-state index contributed by atoms with van der Waals surface area (Å²) in [6.07, 6.45) is 1.24. The molecule has 0 radical (unpaired) electrons. The van der Waals surface area contributed by atoms with Crippen molar-refractivity contribution in [2.45, 2.75) is 6.92 Å². The smallest absolute Gasteiger partial charge is 0.216 e. The van der Waals surface area contributed by atoms with Crippen LogP contribution in [0.3, 0.4) is 0 Å². The summed E-state index contributed by atoms with van der Waals surface area (Å²) in [6, 6.07) is 12.9. The summed E-state index contributed by atoms with van der Waals surface area (Å²) in [5.41, 5.74) is 9.03. The molecular formula is C19H18FN5O. The number of aryl methyl sites for hydroxylation is 1. The molecule has 3 aromatic rings. The number of anilines is 2. The molecule has 0 saturated heterocycles. The fraction of sp³-hybridized carbons (Fsp3) is 0.158. The van der Waals surface area contributed by atoms with E-state index in [9.17, 15) is 4.39 Å². The van der Waals surface area contributed by atoms with Gasteiger partial charge in [-0.05, 0) is 49.4 Å². The minimum atomic E-state index is -0.314. The van der Waals surface area contributed by atoms with Crippen LogP contribution in [0.15, 0.2) is 59.5 Å². The molecule has 6 nitrogen and oxygen atoms in total. The van der Waals surface area contributed by atoms with Gasteiger partial charge >= 0.3 is 0 Å². The quantitative estimate of drug-likeness (QED) is 0.718. The first kappa shape index (κ1) is 16.1. The second-order valence-electron chi connectivity index (χ2n) is 6.03. The molecule has 0 aliphatic carbocycles. The Morgan fingerprint density at radius 1 is 1.15 bits per heavy atom. The number of nitrogen functional groups attached to an aromatic ring is 1. The molecule has 0 atom stereocenters. The van der Waals surface area contributed by atoms with E-state index in [1.54, 1.807) is 12.0 Å². The molecule has 7 heteroatoms. The maximum atomic E-state index is 14.0. The highest BCUT2D eigenvalue weighted by molar-refractivity contribution is 6.04. The first-order valence-electron chi connectivity index (χ1n) is 8.15. The van der Waals surface area contributed by atoms with Gasteiger partial charge < -0.3 is 15.4 Å². The number of methoxy groups -OCH3 is 1. The molecule has 0 fully saturated rings. The van der Waals surface area contributed by atoms with E-state index < -0.39 is 0 Å². The van der Waals surface area contributed by atoms with Crippen LogP contribution in [0, 0.1) is 6.92 Å². The third kappa shape index (κ3) is 2.67. The topological polar surface area (TPSA) is 68.7 Å². The van der Waals surface area contributed by atoms with E-state index in [0.29, 0.717) is 11.6 Å². The van der Waals surface area contributed by atoms with Crippen molar-refractivity contribution in [1.82, 2.24) is 9.55 Å². The summed E-state index contributed by atoms with van der Waals surface area (Å²) >= 11 is 0. The number of nitrogens with two attached hydrogens (primary N) is 1. The van der Waals surface area contributed by atoms with Crippen LogP contribution in [-0.4, -0.2) is 29.2 Å². The largest absolute Gasteiger partial charge is 0.497 e. The van der Waals surface area contributed by atoms with Gasteiger partial charge in [0.15, 0.2) is 0 Å². The fourth-order valence-corrected chi connectivity index (χ4v) is 3.07. The summed E-state index contributed by atoms with van der Waals surface area (Å²) in [7, 11) is 1.61. The van der Waals surface area contributed by atoms with Gasteiger partial charge in [-0.2, -0.15) is 0 Å². The highest BCUT2D eigenvalue weighted by Crippen LogP contribution is 2.26. The zero-order chi connectivity index (χ0) is 18.3. The Morgan fingerprint density at radius 3 is 2.65 bits per heavy atom. The lowest BCUT2D eigenvalue weighted by Crippen LogP contribution is -2.39. The van der Waals surface area contributed by atoms with E-state index in [0.717, 1.165) is 28.3 Å². The van der Waals surface area contributed by atoms with E-state index >= 15 is 0 Å². The van der Waals surface area contributed by atoms with Gasteiger partial charge in [-0.15, -0.1) is 0 Å². The fourth-order valence-electron chi connectivity index (χ4n) is 3.07. The van der Waals surface area contributed by atoms with Crippen molar-refractivity contribution in [2.75, 3.05) is 24.3 Å². The maximum Gasteiger partial charge on any atom is 0.216 e. The van der Waals surface area contributed by atoms with Gasteiger partial charge in [0.2, 0.25) is 5.96 Å². The van der Waals surface area contributed by atoms with Crippen LogP contribution >= 0.6 is 0 Å². The zero-order valence-corrected chi connectivity index (χ0v) is 14.5. The van der Waals surface area contributed by atoms with Crippen LogP contribution in [0.4, 0.5) is 15.8 Å². The summed E-state index contributed by atoms with van der Waals surface area (Å²) in [4.78, 5) is 10.7. The van der Waals surface area contributed by atoms with Gasteiger partial charge in [-0.25, -0.2) is 14.4 Å². The molecule has 1 aliphatic rings. The van der Waals surface area contributed by atoms with Crippen molar-refractivity contribution in [1.29, 1.82) is 0 Å². The number of halogens is 1. The molecule has 132 valence electrons. The molecule has 4 rings (SSSR count). The number of aromatic nitrogens is 2. The van der Waals surface area contributed by atoms with Crippen molar-refractivity contribution < 1.29 is 9.13 Å². The second kappa shape index (κ2) is 6.18. The Balaban J connectivity index is 1.87. The molecule has 26 heavy (non-hydrogen) atoms. The van der Waals surface area contributed by atoms with E-state index in [4.69, 9.17) is 10.5 Å². The van der Waals surface area contributed by atoms with Crippen molar-refractivity contribution in [3.63, 3.8) is 0 Å². The molecule has 2 aromatic carbocycles. The van der Waals surface area contributed by atoms with Crippen molar-refractivity contribution >= 4 is 28.4 Å². The van der Waals surface area contributed by atoms with E-state index in [1.807, 2.05) is 54.0 Å². The molecule has 0 amide bonds. The number of benzene rings is 2. The number of aliphatic imine (C=N–C) groups is 1. The molecule has 0 unspecified atom stereocenters. The second-order valence-corrected chi connectivity index (χ2v) is 6.03. The minimum Gasteiger partial charge on any atom is -0.497 e. The normalized spacial score (nSPS) is 14.3. The molecule has 1 aromatic heterocycles. The van der Waals surface area contributed by atoms with Gasteiger partial charge in [-0.3, -0.25) is 4.57 Å². The Bertz CT molecular complexity index is 1040. The number of imidazole rings is 1. The summed E-state index contributed by atoms with van der Waals surface area (Å²) < 4.78 is 21.1. The molecular weight excluding hydrogens is 333 g/mol. The lowest BCUT2D eigenvalue weighted by Gasteiger charge is -2.28. The first-order chi connectivity index (χ1) is 12.6. The van der Waals surface area contributed by atoms with Crippen molar-refractivity contribution in [3.8, 4) is 5.75 Å². The van der Waals surface area contributed by atoms with Gasteiger partial charge in [0.1, 0.15) is 17.4 Å². The van der Waals surface area contributed by atoms with Gasteiger partial charge in [0.25, 0.3) is 0 Å². The molecule has 0 saturated carbocycles. The number of nitrogens with zero attached hydrogens (tertiary/aromatic N) is 4. The molecule has 0 spiro atoms. The van der Waals surface area contributed by atoms with Crippen LogP contribution in [0.25, 0.3) is 11.0 Å². The molecule has 2 heterocycles. The lowest BCUT2D eigenvalue weighted by molar-refractivity contribution is 0.415. The average Bonchev–Trinajstić information content (AvgIpc) is 2.97. The Labute approximate surface area is 150 Å². The molecule has 1 aliphatic heterocycles. The highest BCUT2D eigenvalue weighted by Gasteiger charge is 2.24. The Morgan fingerprint density at radius 2 is 1.92 bits per heavy atom. The van der Waals surface area contributed by atoms with Crippen molar-refractivity contribution in [2.24, 2.45) is 4.99 Å². The van der Waals surface area contributed by atoms with Gasteiger partial charge in [0, 0.05) is 11.4 Å². The standard InChI is InChI=1S/C19H18FN5O/c1-12-23-17-8-3-14(21)9-18(17)25(12)19-22-10-13(20)11-24(19)15-4-6-16(26-2)7-5-15/h3-10H,11,21H2,1-2H3. The average molecular weight is 351 g/mol. The van der Waals surface area contributed by atoms with Crippen LogP contribution in [-0.2, 0) is 0 Å². The summed E-state index contributed by atoms with van der Waals surface area (Å²) in [6.45, 7) is 1.98. The predicted octanol–water partition coefficient (Wildman–Crippen LogP) is 3.47. The maximum absolute atomic E-state index is 14.0. The highest BCUT2D eigenvalue weighted by atomic mass is 19.1. The number of ether oxygens (including phenoxy) is 1. The van der Waals surface area contributed by atoms with E-state index in [1.165, 1.54) is 6.20 Å². The predicted molar refractivity (Wildman–Crippen MR) is 101 cm³/mol. The number of rotatable bonds is 2. The third-order valence-electron chi connectivity index (χ3n) is 4.30. The monoisotopic (exact) mass is 351 g/mol. The summed E-state index contributed by atoms with van der Waals surface area (Å²) in [5.74, 6) is 1.74. The minimum absolute atomic E-state index is 0.0899. The van der Waals surface area contributed by atoms with Crippen molar-refractivity contribution in [3.05, 3.63) is 60.3 Å². The third-order valence-corrected chi connectivity index (χ3v) is 4.30. The molecule has 2 N–H and O–H groups in total. The van der Waals surface area contributed by atoms with Crippen LogP contribution in [0.1, 0.15) is 5.82 Å². The van der Waals surface area contributed by atoms with Gasteiger partial charge in [0.05, 0.1) is 30.9 Å². The van der Waals surface area contributed by atoms with Crippen LogP contribution in [0.2, 0.25) is 0 Å². The van der Waals surface area contributed by atoms with E-state index in [-0.39, 0.29) is 12.4 Å². The van der Waals surface area contributed by atoms with E-state index in [2.05, 4.69) is 9.98 Å². The zero-order valence-electron chi connectivity index (χ0n) is 14.5. The van der Waals surface area contributed by atoms with Crippen LogP contribution < -0.4 is 15.4 Å². The van der Waals surface area contributed by atoms with Crippen LogP contribution in [0.5, 0.6) is 5.75 Å². The number of hydrogen-bond donors (Lipinski definition) is 1. The lowest BCUT2D eigenvalue weighted by atomic mass is 10.2.